The fourth-order valence-electron chi connectivity index (χ4n) is 0.214. The summed E-state index contributed by atoms with van der Waals surface area (Å²) >= 11 is 0. The summed E-state index contributed by atoms with van der Waals surface area (Å²) in [5.41, 5.74) is 0. The fraction of sp³-hybridized carbons (Fsp3) is 0.800. The van der Waals surface area contributed by atoms with Crippen molar-refractivity contribution in [2.45, 2.75) is 19.8 Å². The van der Waals surface area contributed by atoms with E-state index in [0.29, 0.717) is 6.42 Å². The third-order valence-corrected chi connectivity index (χ3v) is 0.464. The van der Waals surface area contributed by atoms with Crippen LogP contribution in [0.4, 0.5) is 0 Å². The maximum Gasteiger partial charge on any atom is 0.303 e. The molecule has 0 aliphatic carbocycles. The van der Waals surface area contributed by atoms with Gasteiger partial charge < -0.3 is 21.8 Å². The lowest BCUT2D eigenvalue weighted by atomic mass is 10.4. The van der Waals surface area contributed by atoms with E-state index in [-0.39, 0.29) is 11.6 Å². The Morgan fingerprint density at radius 2 is 1.70 bits per heavy atom. The summed E-state index contributed by atoms with van der Waals surface area (Å²) in [7, 11) is 1.00. The second-order valence-electron chi connectivity index (χ2n) is 1.14. The van der Waals surface area contributed by atoms with Crippen molar-refractivity contribution in [2.75, 3.05) is 7.11 Å². The lowest BCUT2D eigenvalue weighted by Crippen LogP contribution is -1.90. The van der Waals surface area contributed by atoms with Crippen LogP contribution in [0.15, 0.2) is 0 Å². The fourth-order valence-corrected chi connectivity index (χ4v) is 0.214. The van der Waals surface area contributed by atoms with E-state index in [1.807, 2.05) is 6.92 Å². The standard InChI is InChI=1S/C4H8O2.CH4O.H3N.H2O/c1-2-3-4(5)6;1-2;;/h2-3H2,1H3,(H,5,6);2H,1H3;1H3;1H2. The molecule has 0 aromatic rings. The van der Waals surface area contributed by atoms with E-state index in [4.69, 9.17) is 10.2 Å². The molecule has 0 saturated heterocycles. The summed E-state index contributed by atoms with van der Waals surface area (Å²) in [6.07, 6.45) is 1.02. The SMILES string of the molecule is CCCC(=O)O.CO.N.O. The molecule has 10 heavy (non-hydrogen) atoms. The zero-order valence-electron chi connectivity index (χ0n) is 6.42. The number of aliphatic carboxylic acids is 1. The largest absolute Gasteiger partial charge is 0.481 e. The van der Waals surface area contributed by atoms with Gasteiger partial charge in [0.1, 0.15) is 0 Å². The van der Waals surface area contributed by atoms with Crippen LogP contribution in [-0.2, 0) is 4.79 Å². The van der Waals surface area contributed by atoms with Crippen molar-refractivity contribution in [3.8, 4) is 0 Å². The molecule has 0 amide bonds. The third-order valence-electron chi connectivity index (χ3n) is 0.464. The number of carboxylic acid groups (broad SMARTS) is 1. The minimum absolute atomic E-state index is 0. The molecule has 5 heteroatoms. The van der Waals surface area contributed by atoms with Gasteiger partial charge in [-0.05, 0) is 6.42 Å². The van der Waals surface area contributed by atoms with Crippen molar-refractivity contribution >= 4 is 5.97 Å². The molecule has 0 radical (unpaired) electrons. The summed E-state index contributed by atoms with van der Waals surface area (Å²) < 4.78 is 0. The topological polar surface area (TPSA) is 124 Å². The molecule has 0 aliphatic rings. The Morgan fingerprint density at radius 3 is 1.70 bits per heavy atom. The first-order chi connectivity index (χ1) is 3.77. The minimum atomic E-state index is -0.711. The van der Waals surface area contributed by atoms with Crippen LogP contribution >= 0.6 is 0 Å². The number of carbonyl (C=O) groups is 1. The Kier molecular flexibility index (Phi) is 54.3. The van der Waals surface area contributed by atoms with E-state index in [9.17, 15) is 4.79 Å². The maximum absolute atomic E-state index is 9.60. The van der Waals surface area contributed by atoms with E-state index in [0.717, 1.165) is 13.5 Å². The zero-order valence-corrected chi connectivity index (χ0v) is 6.42. The van der Waals surface area contributed by atoms with E-state index < -0.39 is 5.97 Å². The average Bonchev–Trinajstić information content (AvgIpc) is 1.72. The first-order valence-electron chi connectivity index (χ1n) is 2.44. The lowest BCUT2D eigenvalue weighted by Gasteiger charge is -1.79. The predicted molar refractivity (Wildman–Crippen MR) is 39.3 cm³/mol. The highest BCUT2D eigenvalue weighted by molar-refractivity contribution is 5.66. The molecule has 0 atom stereocenters. The Hall–Kier alpha value is -0.650. The first-order valence-corrected chi connectivity index (χ1v) is 2.44. The predicted octanol–water partition coefficient (Wildman–Crippen LogP) is -0.183. The van der Waals surface area contributed by atoms with Crippen molar-refractivity contribution in [1.29, 1.82) is 0 Å². The average molecular weight is 155 g/mol. The van der Waals surface area contributed by atoms with Gasteiger partial charge in [-0.15, -0.1) is 0 Å². The summed E-state index contributed by atoms with van der Waals surface area (Å²) in [5, 5.41) is 14.9. The highest BCUT2D eigenvalue weighted by Crippen LogP contribution is 1.82. The Balaban J connectivity index is -0.0000000412. The van der Waals surface area contributed by atoms with Gasteiger partial charge in [0.2, 0.25) is 0 Å². The van der Waals surface area contributed by atoms with Crippen LogP contribution in [-0.4, -0.2) is 28.8 Å². The molecule has 0 fully saturated rings. The minimum Gasteiger partial charge on any atom is -0.481 e. The molecule has 0 bridgehead atoms. The van der Waals surface area contributed by atoms with Gasteiger partial charge in [0.25, 0.3) is 0 Å². The second-order valence-corrected chi connectivity index (χ2v) is 1.14. The molecular formula is C5H17NO4. The van der Waals surface area contributed by atoms with Crippen LogP contribution in [0, 0.1) is 0 Å². The van der Waals surface area contributed by atoms with Crippen molar-refractivity contribution < 1.29 is 20.5 Å². The quantitative estimate of drug-likeness (QED) is 0.511. The van der Waals surface area contributed by atoms with Crippen LogP contribution < -0.4 is 6.15 Å². The summed E-state index contributed by atoms with van der Waals surface area (Å²) in [6.45, 7) is 1.84. The number of hydrogen-bond acceptors (Lipinski definition) is 3. The number of hydrogen-bond donors (Lipinski definition) is 3. The third kappa shape index (κ3) is 53.7. The van der Waals surface area contributed by atoms with Gasteiger partial charge in [-0.1, -0.05) is 6.92 Å². The van der Waals surface area contributed by atoms with Crippen molar-refractivity contribution in [3.63, 3.8) is 0 Å². The van der Waals surface area contributed by atoms with Gasteiger partial charge in [0, 0.05) is 13.5 Å². The molecular weight excluding hydrogens is 138 g/mol. The lowest BCUT2D eigenvalue weighted by molar-refractivity contribution is -0.137. The van der Waals surface area contributed by atoms with E-state index in [2.05, 4.69) is 0 Å². The van der Waals surface area contributed by atoms with Gasteiger partial charge in [-0.2, -0.15) is 0 Å². The van der Waals surface area contributed by atoms with Gasteiger partial charge in [-0.25, -0.2) is 0 Å². The monoisotopic (exact) mass is 155 g/mol. The maximum atomic E-state index is 9.60. The Bertz CT molecular complexity index is 57.6. The summed E-state index contributed by atoms with van der Waals surface area (Å²) in [5.74, 6) is -0.711. The number of aliphatic hydroxyl groups excluding tert-OH is 1. The van der Waals surface area contributed by atoms with Crippen molar-refractivity contribution in [1.82, 2.24) is 6.15 Å². The highest BCUT2D eigenvalue weighted by atomic mass is 16.4. The van der Waals surface area contributed by atoms with Crippen molar-refractivity contribution in [3.05, 3.63) is 0 Å². The van der Waals surface area contributed by atoms with Crippen LogP contribution in [0.5, 0.6) is 0 Å². The number of carboxylic acids is 1. The molecule has 0 aliphatic heterocycles. The number of aliphatic hydroxyl groups is 1. The zero-order chi connectivity index (χ0) is 6.99. The van der Waals surface area contributed by atoms with Gasteiger partial charge >= 0.3 is 5.97 Å². The molecule has 5 nitrogen and oxygen atoms in total. The molecule has 0 rings (SSSR count). The molecule has 0 spiro atoms. The summed E-state index contributed by atoms with van der Waals surface area (Å²) in [4.78, 5) is 9.60. The van der Waals surface area contributed by atoms with Crippen LogP contribution in [0.1, 0.15) is 19.8 Å². The molecule has 0 saturated carbocycles. The van der Waals surface area contributed by atoms with Gasteiger partial charge in [-0.3, -0.25) is 4.79 Å². The van der Waals surface area contributed by atoms with E-state index in [1.165, 1.54) is 0 Å². The van der Waals surface area contributed by atoms with Crippen LogP contribution in [0.25, 0.3) is 0 Å². The molecule has 66 valence electrons. The first kappa shape index (κ1) is 22.8. The molecule has 0 aromatic heterocycles. The Labute approximate surface area is 60.6 Å². The smallest absolute Gasteiger partial charge is 0.303 e. The number of rotatable bonds is 2. The second kappa shape index (κ2) is 23.8. The molecule has 0 aromatic carbocycles. The normalized spacial score (nSPS) is 5.50. The molecule has 7 N–H and O–H groups in total. The highest BCUT2D eigenvalue weighted by Gasteiger charge is 1.87. The van der Waals surface area contributed by atoms with E-state index in [1.54, 1.807) is 0 Å². The summed E-state index contributed by atoms with van der Waals surface area (Å²) in [6, 6.07) is 0. The van der Waals surface area contributed by atoms with Crippen LogP contribution in [0.2, 0.25) is 0 Å². The van der Waals surface area contributed by atoms with Gasteiger partial charge in [0.05, 0.1) is 0 Å². The van der Waals surface area contributed by atoms with Crippen LogP contribution in [0.3, 0.4) is 0 Å². The van der Waals surface area contributed by atoms with E-state index >= 15 is 0 Å². The molecule has 0 heterocycles. The Morgan fingerprint density at radius 1 is 1.40 bits per heavy atom. The molecule has 0 unspecified atom stereocenters. The van der Waals surface area contributed by atoms with Gasteiger partial charge in [0.15, 0.2) is 0 Å². The van der Waals surface area contributed by atoms with Crippen molar-refractivity contribution in [2.24, 2.45) is 0 Å².